The van der Waals surface area contributed by atoms with Gasteiger partial charge in [0.1, 0.15) is 0 Å². The summed E-state index contributed by atoms with van der Waals surface area (Å²) in [6, 6.07) is 2.26. The predicted octanol–water partition coefficient (Wildman–Crippen LogP) is 0.780. The van der Waals surface area contributed by atoms with E-state index in [1.807, 2.05) is 13.8 Å². The number of carbonyl (C=O) groups excluding carboxylic acids is 1. The summed E-state index contributed by atoms with van der Waals surface area (Å²) >= 11 is 0. The van der Waals surface area contributed by atoms with Crippen LogP contribution in [-0.4, -0.2) is 18.5 Å². The molecule has 1 amide bonds. The Kier molecular flexibility index (Phi) is 3.70. The molecule has 15 heavy (non-hydrogen) atoms. The zero-order valence-electron chi connectivity index (χ0n) is 9.42. The Morgan fingerprint density at radius 2 is 2.27 bits per heavy atom. The maximum absolute atomic E-state index is 11.8. The van der Waals surface area contributed by atoms with Crippen molar-refractivity contribution in [1.29, 1.82) is 5.26 Å². The third-order valence-corrected chi connectivity index (χ3v) is 3.12. The summed E-state index contributed by atoms with van der Waals surface area (Å²) in [5.41, 5.74) is 4.98. The van der Waals surface area contributed by atoms with Crippen LogP contribution in [0.1, 0.15) is 33.1 Å². The number of rotatable bonds is 3. The van der Waals surface area contributed by atoms with Crippen LogP contribution in [0.4, 0.5) is 0 Å². The van der Waals surface area contributed by atoms with Crippen molar-refractivity contribution in [3.8, 4) is 6.07 Å². The average Bonchev–Trinajstić information content (AvgIpc) is 2.65. The maximum atomic E-state index is 11.8. The van der Waals surface area contributed by atoms with E-state index in [-0.39, 0.29) is 17.9 Å². The molecule has 0 aliphatic heterocycles. The summed E-state index contributed by atoms with van der Waals surface area (Å²) in [5.74, 6) is -0.0697. The fourth-order valence-electron chi connectivity index (χ4n) is 1.74. The van der Waals surface area contributed by atoms with Gasteiger partial charge in [0, 0.05) is 12.6 Å². The van der Waals surface area contributed by atoms with Gasteiger partial charge in [-0.2, -0.15) is 5.26 Å². The van der Waals surface area contributed by atoms with Gasteiger partial charge in [0.2, 0.25) is 5.91 Å². The van der Waals surface area contributed by atoms with Crippen LogP contribution in [-0.2, 0) is 4.79 Å². The summed E-state index contributed by atoms with van der Waals surface area (Å²) in [6.45, 7) is 3.96. The van der Waals surface area contributed by atoms with Gasteiger partial charge < -0.3 is 11.1 Å². The van der Waals surface area contributed by atoms with E-state index >= 15 is 0 Å². The van der Waals surface area contributed by atoms with Crippen molar-refractivity contribution in [2.75, 3.05) is 6.54 Å². The normalized spacial score (nSPS) is 26.0. The lowest BCUT2D eigenvalue weighted by Crippen LogP contribution is -2.47. The minimum atomic E-state index is -0.539. The van der Waals surface area contributed by atoms with E-state index in [9.17, 15) is 4.79 Å². The van der Waals surface area contributed by atoms with Crippen LogP contribution in [0.5, 0.6) is 0 Å². The van der Waals surface area contributed by atoms with Crippen molar-refractivity contribution < 1.29 is 4.79 Å². The standard InChI is InChI=1S/C11H19N3O/c1-11(2,7-13)10(15)14-9-5-3-4-8(9)6-12/h8-9H,3-5,7,13H2,1-2H3,(H,14,15). The van der Waals surface area contributed by atoms with Gasteiger partial charge in [0.25, 0.3) is 0 Å². The monoisotopic (exact) mass is 209 g/mol. The molecule has 0 saturated heterocycles. The number of nitrogens with one attached hydrogen (secondary N) is 1. The second-order valence-electron chi connectivity index (χ2n) is 4.83. The van der Waals surface area contributed by atoms with Crippen molar-refractivity contribution in [1.82, 2.24) is 5.32 Å². The molecule has 1 aliphatic carbocycles. The van der Waals surface area contributed by atoms with Crippen molar-refractivity contribution in [2.24, 2.45) is 17.1 Å². The Hall–Kier alpha value is -1.08. The zero-order valence-corrected chi connectivity index (χ0v) is 9.42. The first-order valence-corrected chi connectivity index (χ1v) is 5.42. The summed E-state index contributed by atoms with van der Waals surface area (Å²) < 4.78 is 0. The summed E-state index contributed by atoms with van der Waals surface area (Å²) in [7, 11) is 0. The van der Waals surface area contributed by atoms with E-state index in [0.29, 0.717) is 6.54 Å². The van der Waals surface area contributed by atoms with Crippen molar-refractivity contribution in [3.63, 3.8) is 0 Å². The van der Waals surface area contributed by atoms with Gasteiger partial charge in [-0.25, -0.2) is 0 Å². The first kappa shape index (κ1) is 12.0. The highest BCUT2D eigenvalue weighted by Crippen LogP contribution is 2.26. The van der Waals surface area contributed by atoms with Gasteiger partial charge in [-0.1, -0.05) is 0 Å². The van der Waals surface area contributed by atoms with Gasteiger partial charge >= 0.3 is 0 Å². The molecule has 2 atom stereocenters. The van der Waals surface area contributed by atoms with Gasteiger partial charge in [-0.05, 0) is 33.1 Å². The Morgan fingerprint density at radius 1 is 1.60 bits per heavy atom. The molecule has 0 aromatic carbocycles. The molecule has 0 radical (unpaired) electrons. The smallest absolute Gasteiger partial charge is 0.227 e. The Labute approximate surface area is 90.8 Å². The van der Waals surface area contributed by atoms with Gasteiger partial charge in [-0.15, -0.1) is 0 Å². The van der Waals surface area contributed by atoms with E-state index in [4.69, 9.17) is 11.0 Å². The molecule has 1 aliphatic rings. The molecule has 1 fully saturated rings. The quantitative estimate of drug-likeness (QED) is 0.721. The Morgan fingerprint density at radius 3 is 2.80 bits per heavy atom. The number of hydrogen-bond donors (Lipinski definition) is 2. The number of carbonyl (C=O) groups is 1. The minimum Gasteiger partial charge on any atom is -0.352 e. The molecule has 1 saturated carbocycles. The minimum absolute atomic E-state index is 0.0216. The number of hydrogen-bond acceptors (Lipinski definition) is 3. The van der Waals surface area contributed by atoms with Crippen LogP contribution in [0.3, 0.4) is 0 Å². The van der Waals surface area contributed by atoms with E-state index in [1.165, 1.54) is 0 Å². The lowest BCUT2D eigenvalue weighted by molar-refractivity contribution is -0.129. The first-order chi connectivity index (χ1) is 7.01. The fourth-order valence-corrected chi connectivity index (χ4v) is 1.74. The highest BCUT2D eigenvalue weighted by atomic mass is 16.2. The molecule has 0 spiro atoms. The topological polar surface area (TPSA) is 78.9 Å². The molecule has 2 unspecified atom stereocenters. The molecule has 3 N–H and O–H groups in total. The van der Waals surface area contributed by atoms with Crippen LogP contribution in [0.15, 0.2) is 0 Å². The van der Waals surface area contributed by atoms with Crippen LogP contribution in [0, 0.1) is 22.7 Å². The third kappa shape index (κ3) is 2.69. The van der Waals surface area contributed by atoms with Crippen LogP contribution >= 0.6 is 0 Å². The molecule has 4 heteroatoms. The molecule has 0 bridgehead atoms. The van der Waals surface area contributed by atoms with Gasteiger partial charge in [0.15, 0.2) is 0 Å². The second-order valence-corrected chi connectivity index (χ2v) is 4.83. The summed E-state index contributed by atoms with van der Waals surface area (Å²) in [6.07, 6.45) is 2.82. The Balaban J connectivity index is 2.55. The third-order valence-electron chi connectivity index (χ3n) is 3.12. The van der Waals surface area contributed by atoms with E-state index in [1.54, 1.807) is 0 Å². The predicted molar refractivity (Wildman–Crippen MR) is 57.7 cm³/mol. The lowest BCUT2D eigenvalue weighted by Gasteiger charge is -2.25. The largest absolute Gasteiger partial charge is 0.352 e. The van der Waals surface area contributed by atoms with Crippen molar-refractivity contribution >= 4 is 5.91 Å². The number of nitriles is 1. The van der Waals surface area contributed by atoms with Crippen LogP contribution < -0.4 is 11.1 Å². The maximum Gasteiger partial charge on any atom is 0.227 e. The van der Waals surface area contributed by atoms with Gasteiger partial charge in [0.05, 0.1) is 17.4 Å². The molecular formula is C11H19N3O. The molecule has 0 aromatic rings. The van der Waals surface area contributed by atoms with Crippen molar-refractivity contribution in [3.05, 3.63) is 0 Å². The fraction of sp³-hybridized carbons (Fsp3) is 0.818. The van der Waals surface area contributed by atoms with Crippen LogP contribution in [0.25, 0.3) is 0 Å². The molecule has 0 heterocycles. The number of nitrogens with zero attached hydrogens (tertiary/aromatic N) is 1. The lowest BCUT2D eigenvalue weighted by atomic mass is 9.91. The highest BCUT2D eigenvalue weighted by molar-refractivity contribution is 5.82. The molecule has 0 aromatic heterocycles. The summed E-state index contributed by atoms with van der Waals surface area (Å²) in [4.78, 5) is 11.8. The van der Waals surface area contributed by atoms with E-state index in [0.717, 1.165) is 19.3 Å². The van der Waals surface area contributed by atoms with E-state index in [2.05, 4.69) is 11.4 Å². The summed E-state index contributed by atoms with van der Waals surface area (Å²) in [5, 5.41) is 11.8. The zero-order chi connectivity index (χ0) is 11.5. The SMILES string of the molecule is CC(C)(CN)C(=O)NC1CCCC1C#N. The molecule has 84 valence electrons. The average molecular weight is 209 g/mol. The number of amides is 1. The second kappa shape index (κ2) is 4.63. The highest BCUT2D eigenvalue weighted by Gasteiger charge is 2.33. The molecule has 1 rings (SSSR count). The van der Waals surface area contributed by atoms with E-state index < -0.39 is 5.41 Å². The molecule has 4 nitrogen and oxygen atoms in total. The van der Waals surface area contributed by atoms with Crippen molar-refractivity contribution in [2.45, 2.75) is 39.2 Å². The first-order valence-electron chi connectivity index (χ1n) is 5.42. The molecular weight excluding hydrogens is 190 g/mol. The van der Waals surface area contributed by atoms with Crippen LogP contribution in [0.2, 0.25) is 0 Å². The van der Waals surface area contributed by atoms with Gasteiger partial charge in [-0.3, -0.25) is 4.79 Å². The number of nitrogens with two attached hydrogens (primary N) is 1. The Bertz CT molecular complexity index is 280.